The summed E-state index contributed by atoms with van der Waals surface area (Å²) in [5.74, 6) is 0.270. The van der Waals surface area contributed by atoms with Gasteiger partial charge in [0.25, 0.3) is 0 Å². The van der Waals surface area contributed by atoms with Gasteiger partial charge in [-0.3, -0.25) is 0 Å². The van der Waals surface area contributed by atoms with Gasteiger partial charge in [0.2, 0.25) is 0 Å². The Balaban J connectivity index is 2.22. The van der Waals surface area contributed by atoms with Gasteiger partial charge in [-0.2, -0.15) is 0 Å². The first-order valence-corrected chi connectivity index (χ1v) is 5.58. The summed E-state index contributed by atoms with van der Waals surface area (Å²) in [5.41, 5.74) is 3.31. The number of benzene rings is 2. The Morgan fingerprint density at radius 2 is 1.89 bits per heavy atom. The van der Waals surface area contributed by atoms with Gasteiger partial charge in [-0.25, -0.2) is 4.98 Å². The highest BCUT2D eigenvalue weighted by Gasteiger charge is 2.07. The summed E-state index contributed by atoms with van der Waals surface area (Å²) in [6.45, 7) is 0. The van der Waals surface area contributed by atoms with Crippen LogP contribution in [0.3, 0.4) is 0 Å². The zero-order chi connectivity index (χ0) is 12.7. The lowest BCUT2D eigenvalue weighted by atomic mass is 10.0. The highest BCUT2D eigenvalue weighted by Crippen LogP contribution is 2.33. The van der Waals surface area contributed by atoms with Crippen molar-refractivity contribution >= 4 is 11.0 Å². The number of hydrogen-bond donors (Lipinski definition) is 2. The maximum atomic E-state index is 9.83. The van der Waals surface area contributed by atoms with Crippen LogP contribution in [0.5, 0.6) is 11.5 Å². The maximum Gasteiger partial charge on any atom is 0.123 e. The number of aryl methyl sites for hydroxylation is 1. The minimum Gasteiger partial charge on any atom is -0.508 e. The molecule has 0 fully saturated rings. The van der Waals surface area contributed by atoms with E-state index in [1.54, 1.807) is 12.4 Å². The van der Waals surface area contributed by atoms with E-state index < -0.39 is 0 Å². The van der Waals surface area contributed by atoms with Gasteiger partial charge in [-0.05, 0) is 35.9 Å². The molecule has 2 aromatic carbocycles. The molecule has 0 amide bonds. The van der Waals surface area contributed by atoms with Crippen LogP contribution >= 0.6 is 0 Å². The fraction of sp³-hybridized carbons (Fsp3) is 0.0714. The summed E-state index contributed by atoms with van der Waals surface area (Å²) >= 11 is 0. The first kappa shape index (κ1) is 10.7. The van der Waals surface area contributed by atoms with E-state index in [9.17, 15) is 10.2 Å². The van der Waals surface area contributed by atoms with Crippen LogP contribution in [-0.4, -0.2) is 19.8 Å². The summed E-state index contributed by atoms with van der Waals surface area (Å²) in [5, 5.41) is 19.3. The van der Waals surface area contributed by atoms with E-state index in [1.165, 1.54) is 12.1 Å². The van der Waals surface area contributed by atoms with E-state index in [1.807, 2.05) is 29.8 Å². The van der Waals surface area contributed by atoms with Crippen LogP contribution < -0.4 is 0 Å². The number of rotatable bonds is 1. The molecule has 4 nitrogen and oxygen atoms in total. The second kappa shape index (κ2) is 3.77. The molecule has 0 saturated heterocycles. The van der Waals surface area contributed by atoms with E-state index in [4.69, 9.17) is 0 Å². The van der Waals surface area contributed by atoms with Crippen molar-refractivity contribution in [3.05, 3.63) is 42.7 Å². The zero-order valence-corrected chi connectivity index (χ0v) is 9.83. The molecule has 0 aliphatic heterocycles. The van der Waals surface area contributed by atoms with Crippen LogP contribution in [0.25, 0.3) is 22.2 Å². The minimum absolute atomic E-state index is 0.129. The number of imidazole rings is 1. The molecule has 0 bridgehead atoms. The number of aromatic hydroxyl groups is 2. The molecule has 0 atom stereocenters. The number of nitrogens with zero attached hydrogens (tertiary/aromatic N) is 2. The molecule has 0 spiro atoms. The summed E-state index contributed by atoms with van der Waals surface area (Å²) in [6, 6.07) is 10.2. The van der Waals surface area contributed by atoms with Crippen LogP contribution in [0.4, 0.5) is 0 Å². The maximum absolute atomic E-state index is 9.83. The van der Waals surface area contributed by atoms with Gasteiger partial charge < -0.3 is 14.8 Å². The fourth-order valence-electron chi connectivity index (χ4n) is 2.06. The number of phenols is 2. The van der Waals surface area contributed by atoms with Crippen molar-refractivity contribution in [2.75, 3.05) is 0 Å². The predicted octanol–water partition coefficient (Wildman–Crippen LogP) is 2.65. The lowest BCUT2D eigenvalue weighted by Gasteiger charge is -2.05. The Morgan fingerprint density at radius 1 is 1.06 bits per heavy atom. The van der Waals surface area contributed by atoms with Gasteiger partial charge >= 0.3 is 0 Å². The van der Waals surface area contributed by atoms with E-state index in [2.05, 4.69) is 4.98 Å². The second-order valence-electron chi connectivity index (χ2n) is 4.26. The number of hydrogen-bond acceptors (Lipinski definition) is 3. The zero-order valence-electron chi connectivity index (χ0n) is 9.83. The van der Waals surface area contributed by atoms with E-state index in [0.29, 0.717) is 5.56 Å². The van der Waals surface area contributed by atoms with Crippen LogP contribution in [0.15, 0.2) is 42.7 Å². The molecule has 1 heterocycles. The first-order chi connectivity index (χ1) is 8.65. The lowest BCUT2D eigenvalue weighted by Crippen LogP contribution is -1.84. The quantitative estimate of drug-likeness (QED) is 0.643. The normalized spacial score (nSPS) is 10.9. The van der Waals surface area contributed by atoms with Crippen molar-refractivity contribution in [2.45, 2.75) is 0 Å². The molecule has 0 aliphatic rings. The predicted molar refractivity (Wildman–Crippen MR) is 69.5 cm³/mol. The van der Waals surface area contributed by atoms with Gasteiger partial charge in [0.05, 0.1) is 17.4 Å². The molecule has 2 N–H and O–H groups in total. The molecule has 4 heteroatoms. The number of aromatic nitrogens is 2. The number of phenolic OH excluding ortho intramolecular Hbond substituents is 2. The third-order valence-corrected chi connectivity index (χ3v) is 3.02. The number of fused-ring (bicyclic) bond motifs is 1. The molecule has 0 radical (unpaired) electrons. The lowest BCUT2D eigenvalue weighted by molar-refractivity contribution is 0.462. The Hall–Kier alpha value is -2.49. The minimum atomic E-state index is 0.129. The molecule has 3 aromatic rings. The Labute approximate surface area is 104 Å². The molecule has 18 heavy (non-hydrogen) atoms. The Kier molecular flexibility index (Phi) is 2.23. The second-order valence-corrected chi connectivity index (χ2v) is 4.26. The average Bonchev–Trinajstić information content (AvgIpc) is 2.74. The highest BCUT2D eigenvalue weighted by molar-refractivity contribution is 5.83. The van der Waals surface area contributed by atoms with Crippen LogP contribution in [0, 0.1) is 0 Å². The van der Waals surface area contributed by atoms with Crippen LogP contribution in [-0.2, 0) is 7.05 Å². The van der Waals surface area contributed by atoms with Gasteiger partial charge in [0, 0.05) is 12.6 Å². The molecule has 3 rings (SSSR count). The van der Waals surface area contributed by atoms with Crippen LogP contribution in [0.2, 0.25) is 0 Å². The Morgan fingerprint density at radius 3 is 2.72 bits per heavy atom. The van der Waals surface area contributed by atoms with Crippen LogP contribution in [0.1, 0.15) is 0 Å². The standard InChI is InChI=1S/C14H12N2O2/c1-16-8-15-12-6-9(2-4-13(12)16)11-7-10(17)3-5-14(11)18/h2-8,17-18H,1H3. The van der Waals surface area contributed by atoms with E-state index in [-0.39, 0.29) is 11.5 Å². The SMILES string of the molecule is Cn1cnc2cc(-c3cc(O)ccc3O)ccc21. The largest absolute Gasteiger partial charge is 0.508 e. The molecular weight excluding hydrogens is 228 g/mol. The van der Waals surface area contributed by atoms with Gasteiger partial charge in [-0.15, -0.1) is 0 Å². The van der Waals surface area contributed by atoms with Crippen molar-refractivity contribution in [3.8, 4) is 22.6 Å². The summed E-state index contributed by atoms with van der Waals surface area (Å²) in [7, 11) is 1.93. The molecular formula is C14H12N2O2. The summed E-state index contributed by atoms with van der Waals surface area (Å²) < 4.78 is 1.93. The van der Waals surface area contributed by atoms with E-state index >= 15 is 0 Å². The van der Waals surface area contributed by atoms with Crippen molar-refractivity contribution < 1.29 is 10.2 Å². The third kappa shape index (κ3) is 1.59. The molecule has 0 unspecified atom stereocenters. The van der Waals surface area contributed by atoms with E-state index in [0.717, 1.165) is 16.6 Å². The summed E-state index contributed by atoms with van der Waals surface area (Å²) in [4.78, 5) is 4.28. The van der Waals surface area contributed by atoms with Gasteiger partial charge in [-0.1, -0.05) is 6.07 Å². The third-order valence-electron chi connectivity index (χ3n) is 3.02. The fourth-order valence-corrected chi connectivity index (χ4v) is 2.06. The smallest absolute Gasteiger partial charge is 0.123 e. The topological polar surface area (TPSA) is 58.3 Å². The van der Waals surface area contributed by atoms with Gasteiger partial charge in [0.15, 0.2) is 0 Å². The monoisotopic (exact) mass is 240 g/mol. The Bertz CT molecular complexity index is 732. The van der Waals surface area contributed by atoms with Crippen molar-refractivity contribution in [1.29, 1.82) is 0 Å². The molecule has 0 saturated carbocycles. The molecule has 90 valence electrons. The average molecular weight is 240 g/mol. The van der Waals surface area contributed by atoms with Gasteiger partial charge in [0.1, 0.15) is 11.5 Å². The first-order valence-electron chi connectivity index (χ1n) is 5.58. The highest BCUT2D eigenvalue weighted by atomic mass is 16.3. The summed E-state index contributed by atoms with van der Waals surface area (Å²) in [6.07, 6.45) is 1.75. The van der Waals surface area contributed by atoms with Crippen molar-refractivity contribution in [3.63, 3.8) is 0 Å². The van der Waals surface area contributed by atoms with Crippen molar-refractivity contribution in [2.24, 2.45) is 7.05 Å². The molecule has 0 aliphatic carbocycles. The molecule has 1 aromatic heterocycles. The van der Waals surface area contributed by atoms with Crippen molar-refractivity contribution in [1.82, 2.24) is 9.55 Å².